The summed E-state index contributed by atoms with van der Waals surface area (Å²) < 4.78 is 5.09. The summed E-state index contributed by atoms with van der Waals surface area (Å²) in [6, 6.07) is 5.35. The van der Waals surface area contributed by atoms with E-state index in [9.17, 15) is 0 Å². The van der Waals surface area contributed by atoms with Gasteiger partial charge in [-0.05, 0) is 12.1 Å². The third kappa shape index (κ3) is 3.95. The van der Waals surface area contributed by atoms with Gasteiger partial charge in [-0.2, -0.15) is 0 Å². The molecule has 0 aliphatic heterocycles. The maximum Gasteiger partial charge on any atom is 0.0763 e. The van der Waals surface area contributed by atoms with Crippen LogP contribution < -0.4 is 11.1 Å². The Balaban J connectivity index is 2.37. The van der Waals surface area contributed by atoms with Crippen LogP contribution in [0.25, 0.3) is 0 Å². The first-order valence-electron chi connectivity index (χ1n) is 4.72. The number of anilines is 2. The monoisotopic (exact) mass is 230 g/mol. The third-order valence-electron chi connectivity index (χ3n) is 1.83. The fourth-order valence-electron chi connectivity index (χ4n) is 1.14. The Morgan fingerprint density at radius 2 is 2.20 bits per heavy atom. The molecule has 15 heavy (non-hydrogen) atoms. The Labute approximate surface area is 94.0 Å². The number of nitrogen functional groups attached to an aromatic ring is 1. The average molecular weight is 231 g/mol. The standard InChI is InChI=1S/C10H15ClN2O2/c11-8-2-1-3-9(12)10(8)13-4-6-15-7-5-14/h1-3,13-14H,4-7,12H2. The van der Waals surface area contributed by atoms with E-state index in [1.807, 2.05) is 0 Å². The van der Waals surface area contributed by atoms with Crippen molar-refractivity contribution < 1.29 is 9.84 Å². The molecule has 0 unspecified atom stereocenters. The zero-order valence-electron chi connectivity index (χ0n) is 8.37. The molecule has 1 rings (SSSR count). The van der Waals surface area contributed by atoms with Crippen LogP contribution in [0.1, 0.15) is 0 Å². The molecule has 84 valence electrons. The average Bonchev–Trinajstić information content (AvgIpc) is 2.21. The van der Waals surface area contributed by atoms with E-state index in [-0.39, 0.29) is 6.61 Å². The second kappa shape index (κ2) is 6.50. The molecule has 0 saturated heterocycles. The van der Waals surface area contributed by atoms with Crippen LogP contribution in [0.2, 0.25) is 5.02 Å². The molecule has 1 aromatic rings. The van der Waals surface area contributed by atoms with Crippen molar-refractivity contribution in [1.29, 1.82) is 0 Å². The van der Waals surface area contributed by atoms with Gasteiger partial charge in [-0.25, -0.2) is 0 Å². The molecule has 0 heterocycles. The molecule has 0 saturated carbocycles. The van der Waals surface area contributed by atoms with Crippen LogP contribution in [0.3, 0.4) is 0 Å². The number of para-hydroxylation sites is 1. The Morgan fingerprint density at radius 3 is 2.87 bits per heavy atom. The number of rotatable bonds is 6. The van der Waals surface area contributed by atoms with Gasteiger partial charge in [0.1, 0.15) is 0 Å². The summed E-state index contributed by atoms with van der Waals surface area (Å²) in [4.78, 5) is 0. The van der Waals surface area contributed by atoms with Crippen LogP contribution in [0, 0.1) is 0 Å². The van der Waals surface area contributed by atoms with Gasteiger partial charge in [0.25, 0.3) is 0 Å². The predicted octanol–water partition coefficient (Wildman–Crippen LogP) is 1.34. The lowest BCUT2D eigenvalue weighted by Crippen LogP contribution is -2.12. The van der Waals surface area contributed by atoms with Gasteiger partial charge in [0.05, 0.1) is 36.2 Å². The van der Waals surface area contributed by atoms with E-state index in [2.05, 4.69) is 5.32 Å². The highest BCUT2D eigenvalue weighted by atomic mass is 35.5. The smallest absolute Gasteiger partial charge is 0.0763 e. The number of nitrogens with two attached hydrogens (primary N) is 1. The summed E-state index contributed by atoms with van der Waals surface area (Å²) in [5, 5.41) is 12.2. The lowest BCUT2D eigenvalue weighted by molar-refractivity contribution is 0.0992. The molecule has 1 aromatic carbocycles. The molecule has 0 amide bonds. The predicted molar refractivity (Wildman–Crippen MR) is 62.3 cm³/mol. The Bertz CT molecular complexity index is 287. The first-order chi connectivity index (χ1) is 7.25. The van der Waals surface area contributed by atoms with Crippen molar-refractivity contribution in [3.05, 3.63) is 23.2 Å². The molecule has 0 aromatic heterocycles. The highest BCUT2D eigenvalue weighted by molar-refractivity contribution is 6.33. The van der Waals surface area contributed by atoms with Gasteiger partial charge in [-0.15, -0.1) is 0 Å². The fourth-order valence-corrected chi connectivity index (χ4v) is 1.39. The van der Waals surface area contributed by atoms with E-state index in [0.717, 1.165) is 5.69 Å². The van der Waals surface area contributed by atoms with Gasteiger partial charge >= 0.3 is 0 Å². The van der Waals surface area contributed by atoms with Gasteiger partial charge in [-0.3, -0.25) is 0 Å². The van der Waals surface area contributed by atoms with E-state index in [4.69, 9.17) is 27.2 Å². The molecule has 5 heteroatoms. The summed E-state index contributed by atoms with van der Waals surface area (Å²) in [5.74, 6) is 0. The van der Waals surface area contributed by atoms with Gasteiger partial charge in [0.2, 0.25) is 0 Å². The Hall–Kier alpha value is -0.970. The minimum Gasteiger partial charge on any atom is -0.397 e. The minimum atomic E-state index is 0.0359. The van der Waals surface area contributed by atoms with Gasteiger partial charge in [0.15, 0.2) is 0 Å². The summed E-state index contributed by atoms with van der Waals surface area (Å²) in [6.45, 7) is 1.49. The Kier molecular flexibility index (Phi) is 5.25. The largest absolute Gasteiger partial charge is 0.397 e. The van der Waals surface area contributed by atoms with Crippen LogP contribution in [0.5, 0.6) is 0 Å². The van der Waals surface area contributed by atoms with Crippen molar-refractivity contribution in [2.24, 2.45) is 0 Å². The number of hydrogen-bond donors (Lipinski definition) is 3. The molecule has 4 nitrogen and oxygen atoms in total. The van der Waals surface area contributed by atoms with E-state index in [1.165, 1.54) is 0 Å². The van der Waals surface area contributed by atoms with Gasteiger partial charge in [-0.1, -0.05) is 17.7 Å². The first-order valence-corrected chi connectivity index (χ1v) is 5.10. The number of aliphatic hydroxyl groups excluding tert-OH is 1. The van der Waals surface area contributed by atoms with Crippen LogP contribution in [0.4, 0.5) is 11.4 Å². The van der Waals surface area contributed by atoms with Crippen LogP contribution in [-0.4, -0.2) is 31.5 Å². The number of ether oxygens (including phenoxy) is 1. The van der Waals surface area contributed by atoms with Gasteiger partial charge < -0.3 is 20.9 Å². The third-order valence-corrected chi connectivity index (χ3v) is 2.14. The second-order valence-electron chi connectivity index (χ2n) is 2.97. The number of halogens is 1. The molecule has 0 atom stereocenters. The summed E-state index contributed by atoms with van der Waals surface area (Å²) in [5.41, 5.74) is 7.08. The lowest BCUT2D eigenvalue weighted by Gasteiger charge is -2.10. The molecule has 0 spiro atoms. The molecule has 0 radical (unpaired) electrons. The van der Waals surface area contributed by atoms with Crippen molar-refractivity contribution in [3.8, 4) is 0 Å². The molecule has 0 bridgehead atoms. The quantitative estimate of drug-likeness (QED) is 0.510. The van der Waals surface area contributed by atoms with Crippen LogP contribution in [0.15, 0.2) is 18.2 Å². The Morgan fingerprint density at radius 1 is 1.40 bits per heavy atom. The highest BCUT2D eigenvalue weighted by Gasteiger charge is 2.02. The molecular weight excluding hydrogens is 216 g/mol. The van der Waals surface area contributed by atoms with Crippen molar-refractivity contribution in [2.75, 3.05) is 37.4 Å². The first kappa shape index (κ1) is 12.1. The van der Waals surface area contributed by atoms with Crippen LogP contribution >= 0.6 is 11.6 Å². The zero-order chi connectivity index (χ0) is 11.1. The van der Waals surface area contributed by atoms with E-state index >= 15 is 0 Å². The SMILES string of the molecule is Nc1cccc(Cl)c1NCCOCCO. The molecule has 4 N–H and O–H groups in total. The van der Waals surface area contributed by atoms with E-state index < -0.39 is 0 Å². The summed E-state index contributed by atoms with van der Waals surface area (Å²) in [6.07, 6.45) is 0. The molecule has 0 fully saturated rings. The number of hydrogen-bond acceptors (Lipinski definition) is 4. The molecule has 0 aliphatic rings. The zero-order valence-corrected chi connectivity index (χ0v) is 9.13. The van der Waals surface area contributed by atoms with Crippen LogP contribution in [-0.2, 0) is 4.74 Å². The number of nitrogens with one attached hydrogen (secondary N) is 1. The summed E-state index contributed by atoms with van der Waals surface area (Å²) in [7, 11) is 0. The topological polar surface area (TPSA) is 67.5 Å². The van der Waals surface area contributed by atoms with Crippen molar-refractivity contribution >= 4 is 23.0 Å². The normalized spacial score (nSPS) is 10.3. The molecule has 0 aliphatic carbocycles. The maximum absolute atomic E-state index is 8.48. The second-order valence-corrected chi connectivity index (χ2v) is 3.37. The van der Waals surface area contributed by atoms with Crippen molar-refractivity contribution in [2.45, 2.75) is 0 Å². The number of aliphatic hydroxyl groups is 1. The van der Waals surface area contributed by atoms with Crippen molar-refractivity contribution in [3.63, 3.8) is 0 Å². The minimum absolute atomic E-state index is 0.0359. The highest BCUT2D eigenvalue weighted by Crippen LogP contribution is 2.27. The van der Waals surface area contributed by atoms with Gasteiger partial charge in [0, 0.05) is 6.54 Å². The lowest BCUT2D eigenvalue weighted by atomic mass is 10.2. The molecular formula is C10H15ClN2O2. The number of benzene rings is 1. The van der Waals surface area contributed by atoms with Crippen molar-refractivity contribution in [1.82, 2.24) is 0 Å². The fraction of sp³-hybridized carbons (Fsp3) is 0.400. The summed E-state index contributed by atoms with van der Waals surface area (Å²) >= 11 is 5.95. The van der Waals surface area contributed by atoms with E-state index in [1.54, 1.807) is 18.2 Å². The maximum atomic E-state index is 8.48. The van der Waals surface area contributed by atoms with E-state index in [0.29, 0.717) is 30.5 Å².